The molecule has 1 aromatic carbocycles. The van der Waals surface area contributed by atoms with E-state index in [0.29, 0.717) is 10.7 Å². The molecule has 134 valence electrons. The third-order valence-corrected chi connectivity index (χ3v) is 5.15. The smallest absolute Gasteiger partial charge is 0.287 e. The molecule has 0 aliphatic rings. The predicted molar refractivity (Wildman–Crippen MR) is 103 cm³/mol. The van der Waals surface area contributed by atoms with E-state index in [0.717, 1.165) is 11.3 Å². The first kappa shape index (κ1) is 18.6. The molecule has 0 fully saturated rings. The number of amides is 1. The van der Waals surface area contributed by atoms with Crippen LogP contribution >= 0.6 is 34.5 Å². The Kier molecular flexibility index (Phi) is 5.70. The maximum absolute atomic E-state index is 12.1. The number of rotatable bonds is 5. The summed E-state index contributed by atoms with van der Waals surface area (Å²) < 4.78 is 1.18. The van der Waals surface area contributed by atoms with Crippen LogP contribution in [0.1, 0.15) is 16.3 Å². The number of nitrogens with zero attached hydrogens (tertiary/aromatic N) is 3. The first-order chi connectivity index (χ1) is 12.4. The molecule has 1 amide bonds. The van der Waals surface area contributed by atoms with Gasteiger partial charge in [0.25, 0.3) is 5.56 Å². The second-order valence-electron chi connectivity index (χ2n) is 5.59. The van der Waals surface area contributed by atoms with Crippen molar-refractivity contribution in [1.29, 1.82) is 0 Å². The Morgan fingerprint density at radius 2 is 2.00 bits per heavy atom. The van der Waals surface area contributed by atoms with Gasteiger partial charge in [0.15, 0.2) is 0 Å². The summed E-state index contributed by atoms with van der Waals surface area (Å²) in [5.41, 5.74) is 2.01. The van der Waals surface area contributed by atoms with Crippen molar-refractivity contribution in [2.24, 2.45) is 0 Å². The van der Waals surface area contributed by atoms with Crippen molar-refractivity contribution in [3.8, 4) is 0 Å². The first-order valence-electron chi connectivity index (χ1n) is 7.63. The number of aryl methyl sites for hydroxylation is 1. The Hall–Kier alpha value is -2.22. The van der Waals surface area contributed by atoms with Crippen LogP contribution in [-0.4, -0.2) is 20.7 Å². The van der Waals surface area contributed by atoms with Crippen LogP contribution in [0.2, 0.25) is 10.0 Å². The van der Waals surface area contributed by atoms with Gasteiger partial charge >= 0.3 is 0 Å². The van der Waals surface area contributed by atoms with Gasteiger partial charge in [0.2, 0.25) is 5.91 Å². The summed E-state index contributed by atoms with van der Waals surface area (Å²) >= 11 is 12.9. The summed E-state index contributed by atoms with van der Waals surface area (Å²) in [5, 5.41) is 9.24. The van der Waals surface area contributed by atoms with Crippen LogP contribution in [0, 0.1) is 6.92 Å². The van der Waals surface area contributed by atoms with Crippen molar-refractivity contribution in [2.45, 2.75) is 19.9 Å². The van der Waals surface area contributed by atoms with Crippen LogP contribution in [0.3, 0.4) is 0 Å². The fourth-order valence-corrected chi connectivity index (χ4v) is 3.25. The van der Waals surface area contributed by atoms with Crippen molar-refractivity contribution in [2.75, 3.05) is 5.32 Å². The van der Waals surface area contributed by atoms with Gasteiger partial charge in [0.1, 0.15) is 10.0 Å². The van der Waals surface area contributed by atoms with Gasteiger partial charge in [-0.15, -0.1) is 11.3 Å². The Bertz CT molecular complexity index is 999. The molecule has 0 unspecified atom stereocenters. The molecule has 0 bridgehead atoms. The zero-order valence-electron chi connectivity index (χ0n) is 13.7. The van der Waals surface area contributed by atoms with E-state index in [1.807, 2.05) is 31.2 Å². The van der Waals surface area contributed by atoms with Crippen molar-refractivity contribution in [1.82, 2.24) is 14.8 Å². The maximum atomic E-state index is 12.1. The topological polar surface area (TPSA) is 76.9 Å². The van der Waals surface area contributed by atoms with Crippen LogP contribution in [-0.2, 0) is 17.8 Å². The molecule has 1 N–H and O–H groups in total. The van der Waals surface area contributed by atoms with Gasteiger partial charge in [-0.1, -0.05) is 40.9 Å². The number of carbonyl (C=O) groups is 1. The molecule has 26 heavy (non-hydrogen) atoms. The van der Waals surface area contributed by atoms with E-state index in [4.69, 9.17) is 23.2 Å². The Labute approximate surface area is 163 Å². The summed E-state index contributed by atoms with van der Waals surface area (Å²) in [4.78, 5) is 28.5. The van der Waals surface area contributed by atoms with Gasteiger partial charge in [-0.05, 0) is 19.1 Å². The molecule has 0 atom stereocenters. The van der Waals surface area contributed by atoms with Gasteiger partial charge in [0.05, 0.1) is 29.9 Å². The van der Waals surface area contributed by atoms with Gasteiger partial charge in [0, 0.05) is 11.1 Å². The highest BCUT2D eigenvalue weighted by Gasteiger charge is 2.12. The van der Waals surface area contributed by atoms with E-state index in [1.165, 1.54) is 22.2 Å². The van der Waals surface area contributed by atoms with E-state index in [-0.39, 0.29) is 28.9 Å². The lowest BCUT2D eigenvalue weighted by atomic mass is 10.2. The van der Waals surface area contributed by atoms with Crippen molar-refractivity contribution < 1.29 is 4.79 Å². The highest BCUT2D eigenvalue weighted by molar-refractivity contribution is 7.09. The molecule has 0 spiro atoms. The molecule has 3 rings (SSSR count). The van der Waals surface area contributed by atoms with Gasteiger partial charge < -0.3 is 5.32 Å². The molecule has 0 radical (unpaired) electrons. The molecule has 3 aromatic rings. The maximum Gasteiger partial charge on any atom is 0.287 e. The zero-order chi connectivity index (χ0) is 18.7. The second-order valence-corrected chi connectivity index (χ2v) is 7.32. The largest absolute Gasteiger partial charge is 0.326 e. The normalized spacial score (nSPS) is 10.7. The summed E-state index contributed by atoms with van der Waals surface area (Å²) in [7, 11) is 0. The SMILES string of the molecule is Cc1ccc(NC(=O)Cc2nc(Cn3ncc(Cl)c(Cl)c3=O)cs2)cc1. The molecule has 2 aromatic heterocycles. The summed E-state index contributed by atoms with van der Waals surface area (Å²) in [5.74, 6) is -0.153. The number of hydrogen-bond donors (Lipinski definition) is 1. The molecule has 0 aliphatic heterocycles. The lowest BCUT2D eigenvalue weighted by Gasteiger charge is -2.04. The van der Waals surface area contributed by atoms with Crippen molar-refractivity contribution in [3.63, 3.8) is 0 Å². The van der Waals surface area contributed by atoms with Gasteiger partial charge in [-0.3, -0.25) is 9.59 Å². The number of halogens is 2. The molecule has 9 heteroatoms. The number of aromatic nitrogens is 3. The van der Waals surface area contributed by atoms with E-state index >= 15 is 0 Å². The van der Waals surface area contributed by atoms with Crippen LogP contribution < -0.4 is 10.9 Å². The van der Waals surface area contributed by atoms with Crippen LogP contribution in [0.5, 0.6) is 0 Å². The molecular weight excluding hydrogens is 395 g/mol. The average molecular weight is 409 g/mol. The number of hydrogen-bond acceptors (Lipinski definition) is 5. The van der Waals surface area contributed by atoms with Crippen LogP contribution in [0.15, 0.2) is 40.6 Å². The van der Waals surface area contributed by atoms with Crippen LogP contribution in [0.4, 0.5) is 5.69 Å². The summed E-state index contributed by atoms with van der Waals surface area (Å²) in [6, 6.07) is 7.56. The standard InChI is InChI=1S/C17H14Cl2N4O2S/c1-10-2-4-11(5-3-10)21-14(24)6-15-22-12(9-26-15)8-23-17(25)16(19)13(18)7-20-23/h2-5,7,9H,6,8H2,1H3,(H,21,24). The van der Waals surface area contributed by atoms with Gasteiger partial charge in [-0.2, -0.15) is 5.10 Å². The number of nitrogens with one attached hydrogen (secondary N) is 1. The Morgan fingerprint density at radius 1 is 1.27 bits per heavy atom. The molecule has 6 nitrogen and oxygen atoms in total. The fraction of sp³-hybridized carbons (Fsp3) is 0.176. The first-order valence-corrected chi connectivity index (χ1v) is 9.27. The van der Waals surface area contributed by atoms with E-state index in [2.05, 4.69) is 15.4 Å². The second kappa shape index (κ2) is 7.99. The monoisotopic (exact) mass is 408 g/mol. The predicted octanol–water partition coefficient (Wildman–Crippen LogP) is 3.54. The summed E-state index contributed by atoms with van der Waals surface area (Å²) in [6.45, 7) is 2.14. The highest BCUT2D eigenvalue weighted by atomic mass is 35.5. The van der Waals surface area contributed by atoms with Crippen molar-refractivity contribution >= 4 is 46.1 Å². The minimum atomic E-state index is -0.481. The van der Waals surface area contributed by atoms with Crippen LogP contribution in [0.25, 0.3) is 0 Å². The van der Waals surface area contributed by atoms with Crippen molar-refractivity contribution in [3.05, 3.63) is 72.5 Å². The average Bonchev–Trinajstić information content (AvgIpc) is 3.04. The number of carbonyl (C=O) groups excluding carboxylic acids is 1. The third kappa shape index (κ3) is 4.49. The van der Waals surface area contributed by atoms with E-state index < -0.39 is 5.56 Å². The number of thiazole rings is 1. The fourth-order valence-electron chi connectivity index (χ4n) is 2.19. The van der Waals surface area contributed by atoms with Gasteiger partial charge in [-0.25, -0.2) is 9.67 Å². The molecule has 0 aliphatic carbocycles. The van der Waals surface area contributed by atoms with E-state index in [1.54, 1.807) is 5.38 Å². The molecule has 2 heterocycles. The quantitative estimate of drug-likeness (QED) is 0.699. The molecule has 0 saturated heterocycles. The number of benzene rings is 1. The Balaban J connectivity index is 1.64. The van der Waals surface area contributed by atoms with E-state index in [9.17, 15) is 9.59 Å². The lowest BCUT2D eigenvalue weighted by Crippen LogP contribution is -2.24. The lowest BCUT2D eigenvalue weighted by molar-refractivity contribution is -0.115. The molecular formula is C17H14Cl2N4O2S. The Morgan fingerprint density at radius 3 is 2.73 bits per heavy atom. The molecule has 0 saturated carbocycles. The number of anilines is 1. The summed E-state index contributed by atoms with van der Waals surface area (Å²) in [6.07, 6.45) is 1.47. The minimum absolute atomic E-state index is 0.0744. The third-order valence-electron chi connectivity index (χ3n) is 3.50. The minimum Gasteiger partial charge on any atom is -0.326 e. The highest BCUT2D eigenvalue weighted by Crippen LogP contribution is 2.16. The zero-order valence-corrected chi connectivity index (χ0v) is 16.0.